The van der Waals surface area contributed by atoms with Gasteiger partial charge < -0.3 is 15.8 Å². The zero-order valence-electron chi connectivity index (χ0n) is 11.7. The highest BCUT2D eigenvalue weighted by Gasteiger charge is 2.08. The van der Waals surface area contributed by atoms with E-state index in [0.29, 0.717) is 29.9 Å². The van der Waals surface area contributed by atoms with Crippen LogP contribution in [0.3, 0.4) is 0 Å². The normalized spacial score (nSPS) is 10.4. The number of nitrogens with two attached hydrogens (primary N) is 1. The van der Waals surface area contributed by atoms with Crippen LogP contribution in [-0.2, 0) is 6.54 Å². The summed E-state index contributed by atoms with van der Waals surface area (Å²) < 4.78 is 7.30. The van der Waals surface area contributed by atoms with E-state index in [1.165, 1.54) is 4.68 Å². The Kier molecular flexibility index (Phi) is 5.35. The van der Waals surface area contributed by atoms with Crippen LogP contribution in [0.25, 0.3) is 0 Å². The number of anilines is 2. The van der Waals surface area contributed by atoms with Gasteiger partial charge in [0.1, 0.15) is 16.8 Å². The molecule has 112 valence electrons. The van der Waals surface area contributed by atoms with Crippen molar-refractivity contribution in [3.8, 4) is 5.75 Å². The Morgan fingerprint density at radius 3 is 3.00 bits per heavy atom. The Bertz CT molecular complexity index is 672. The zero-order valence-corrected chi connectivity index (χ0v) is 13.3. The lowest BCUT2D eigenvalue weighted by molar-refractivity contribution is 0.328. The molecular formula is C14H17BrN4O2. The summed E-state index contributed by atoms with van der Waals surface area (Å²) in [5.41, 5.74) is 6.66. The van der Waals surface area contributed by atoms with Crippen molar-refractivity contribution >= 4 is 27.3 Å². The van der Waals surface area contributed by atoms with Crippen molar-refractivity contribution in [3.05, 3.63) is 45.3 Å². The van der Waals surface area contributed by atoms with Crippen LogP contribution in [0.1, 0.15) is 6.92 Å². The number of aryl methyl sites for hydroxylation is 1. The molecule has 0 aliphatic heterocycles. The van der Waals surface area contributed by atoms with E-state index in [2.05, 4.69) is 26.3 Å². The van der Waals surface area contributed by atoms with E-state index in [1.54, 1.807) is 6.20 Å². The van der Waals surface area contributed by atoms with Crippen molar-refractivity contribution in [1.82, 2.24) is 9.78 Å². The molecule has 0 spiro atoms. The quantitative estimate of drug-likeness (QED) is 0.831. The molecular weight excluding hydrogens is 336 g/mol. The zero-order chi connectivity index (χ0) is 15.2. The van der Waals surface area contributed by atoms with Crippen LogP contribution in [0.5, 0.6) is 5.75 Å². The van der Waals surface area contributed by atoms with E-state index in [4.69, 9.17) is 10.5 Å². The largest absolute Gasteiger partial charge is 0.492 e. The number of nitrogens with zero attached hydrogens (tertiary/aromatic N) is 2. The third kappa shape index (κ3) is 3.83. The monoisotopic (exact) mass is 352 g/mol. The molecule has 0 amide bonds. The summed E-state index contributed by atoms with van der Waals surface area (Å²) in [5.74, 6) is 0.719. The summed E-state index contributed by atoms with van der Waals surface area (Å²) >= 11 is 3.31. The van der Waals surface area contributed by atoms with Gasteiger partial charge in [0, 0.05) is 24.8 Å². The minimum Gasteiger partial charge on any atom is -0.492 e. The number of rotatable bonds is 6. The highest BCUT2D eigenvalue weighted by atomic mass is 79.9. The van der Waals surface area contributed by atoms with Gasteiger partial charge in [-0.2, -0.15) is 5.10 Å². The molecule has 0 bridgehead atoms. The summed E-state index contributed by atoms with van der Waals surface area (Å²) in [6.07, 6.45) is 1.61. The second-order valence-corrected chi connectivity index (χ2v) is 5.08. The number of halogens is 1. The van der Waals surface area contributed by atoms with Gasteiger partial charge in [-0.15, -0.1) is 0 Å². The summed E-state index contributed by atoms with van der Waals surface area (Å²) in [7, 11) is 0. The smallest absolute Gasteiger partial charge is 0.283 e. The van der Waals surface area contributed by atoms with Gasteiger partial charge in [0.2, 0.25) is 0 Å². The van der Waals surface area contributed by atoms with Crippen LogP contribution in [0.15, 0.2) is 39.7 Å². The van der Waals surface area contributed by atoms with Gasteiger partial charge in [-0.1, -0.05) is 6.07 Å². The molecule has 0 fully saturated rings. The molecule has 2 aromatic rings. The van der Waals surface area contributed by atoms with Gasteiger partial charge in [0.15, 0.2) is 0 Å². The molecule has 2 rings (SSSR count). The Morgan fingerprint density at radius 1 is 1.48 bits per heavy atom. The van der Waals surface area contributed by atoms with Gasteiger partial charge in [0.05, 0.1) is 11.9 Å². The van der Waals surface area contributed by atoms with E-state index < -0.39 is 0 Å². The maximum atomic E-state index is 12.0. The maximum absolute atomic E-state index is 12.0. The van der Waals surface area contributed by atoms with E-state index in [9.17, 15) is 4.79 Å². The van der Waals surface area contributed by atoms with Crippen molar-refractivity contribution < 1.29 is 4.74 Å². The Morgan fingerprint density at radius 2 is 2.29 bits per heavy atom. The molecule has 0 aliphatic carbocycles. The second kappa shape index (κ2) is 7.24. The molecule has 0 radical (unpaired) electrons. The number of ether oxygens (including phenoxy) is 1. The predicted octanol–water partition coefficient (Wildman–Crippen LogP) is 2.11. The standard InChI is InChI=1S/C14H17BrN4O2/c1-2-19-14(20)13(15)12(9-17-19)18-10-4-3-5-11(8-10)21-7-6-16/h3-5,8-9,18H,2,6-7,16H2,1H3. The molecule has 0 unspecified atom stereocenters. The Labute approximate surface area is 131 Å². The average molecular weight is 353 g/mol. The van der Waals surface area contributed by atoms with Gasteiger partial charge >= 0.3 is 0 Å². The molecule has 21 heavy (non-hydrogen) atoms. The lowest BCUT2D eigenvalue weighted by Crippen LogP contribution is -2.23. The fourth-order valence-electron chi connectivity index (χ4n) is 1.77. The van der Waals surface area contributed by atoms with E-state index >= 15 is 0 Å². The average Bonchev–Trinajstić information content (AvgIpc) is 2.50. The third-order valence-electron chi connectivity index (χ3n) is 2.78. The molecule has 0 saturated heterocycles. The van der Waals surface area contributed by atoms with Gasteiger partial charge in [-0.05, 0) is 35.0 Å². The SMILES string of the molecule is CCn1ncc(Nc2cccc(OCCN)c2)c(Br)c1=O. The highest BCUT2D eigenvalue weighted by molar-refractivity contribution is 9.10. The van der Waals surface area contributed by atoms with Crippen molar-refractivity contribution in [1.29, 1.82) is 0 Å². The number of hydrogen-bond donors (Lipinski definition) is 2. The molecule has 0 atom stereocenters. The number of hydrogen-bond acceptors (Lipinski definition) is 5. The number of benzene rings is 1. The van der Waals surface area contributed by atoms with Crippen LogP contribution in [-0.4, -0.2) is 22.9 Å². The lowest BCUT2D eigenvalue weighted by atomic mass is 10.3. The minimum absolute atomic E-state index is 0.168. The van der Waals surface area contributed by atoms with Crippen molar-refractivity contribution in [2.75, 3.05) is 18.5 Å². The Hall–Kier alpha value is -1.86. The van der Waals surface area contributed by atoms with Crippen LogP contribution >= 0.6 is 15.9 Å². The van der Waals surface area contributed by atoms with Gasteiger partial charge in [-0.3, -0.25) is 4.79 Å². The maximum Gasteiger partial charge on any atom is 0.283 e. The first-order chi connectivity index (χ1) is 10.2. The number of nitrogens with one attached hydrogen (secondary N) is 1. The van der Waals surface area contributed by atoms with E-state index in [-0.39, 0.29) is 5.56 Å². The van der Waals surface area contributed by atoms with Gasteiger partial charge in [-0.25, -0.2) is 4.68 Å². The predicted molar refractivity (Wildman–Crippen MR) is 86.1 cm³/mol. The molecule has 0 aliphatic rings. The molecule has 0 saturated carbocycles. The van der Waals surface area contributed by atoms with Crippen LogP contribution in [0.2, 0.25) is 0 Å². The fraction of sp³-hybridized carbons (Fsp3) is 0.286. The topological polar surface area (TPSA) is 82.2 Å². The summed E-state index contributed by atoms with van der Waals surface area (Å²) in [6.45, 7) is 3.32. The van der Waals surface area contributed by atoms with Crippen molar-refractivity contribution in [2.24, 2.45) is 5.73 Å². The van der Waals surface area contributed by atoms with Crippen molar-refractivity contribution in [2.45, 2.75) is 13.5 Å². The first-order valence-corrected chi connectivity index (χ1v) is 7.40. The summed E-state index contributed by atoms with van der Waals surface area (Å²) in [4.78, 5) is 12.0. The van der Waals surface area contributed by atoms with Crippen LogP contribution < -0.4 is 21.3 Å². The molecule has 6 nitrogen and oxygen atoms in total. The number of aromatic nitrogens is 2. The fourth-order valence-corrected chi connectivity index (χ4v) is 2.18. The molecule has 1 heterocycles. The van der Waals surface area contributed by atoms with Crippen LogP contribution in [0.4, 0.5) is 11.4 Å². The minimum atomic E-state index is -0.168. The van der Waals surface area contributed by atoms with Crippen LogP contribution in [0, 0.1) is 0 Å². The molecule has 1 aromatic carbocycles. The van der Waals surface area contributed by atoms with E-state index in [1.807, 2.05) is 31.2 Å². The first kappa shape index (κ1) is 15.5. The van der Waals surface area contributed by atoms with Gasteiger partial charge in [0.25, 0.3) is 5.56 Å². The third-order valence-corrected chi connectivity index (χ3v) is 3.55. The molecule has 1 aromatic heterocycles. The molecule has 7 heteroatoms. The lowest BCUT2D eigenvalue weighted by Gasteiger charge is -2.11. The van der Waals surface area contributed by atoms with Crippen molar-refractivity contribution in [3.63, 3.8) is 0 Å². The second-order valence-electron chi connectivity index (χ2n) is 4.28. The summed E-state index contributed by atoms with van der Waals surface area (Å²) in [5, 5.41) is 7.24. The Balaban J connectivity index is 2.22. The molecule has 3 N–H and O–H groups in total. The summed E-state index contributed by atoms with van der Waals surface area (Å²) in [6, 6.07) is 7.44. The van der Waals surface area contributed by atoms with E-state index in [0.717, 1.165) is 11.4 Å². The highest BCUT2D eigenvalue weighted by Crippen LogP contribution is 2.24. The first-order valence-electron chi connectivity index (χ1n) is 6.61.